The van der Waals surface area contributed by atoms with Crippen molar-refractivity contribution in [3.63, 3.8) is 0 Å². The lowest BCUT2D eigenvalue weighted by atomic mass is 10.1. The number of pyridine rings is 1. The van der Waals surface area contributed by atoms with Crippen LogP contribution in [0.1, 0.15) is 32.8 Å². The van der Waals surface area contributed by atoms with E-state index >= 15 is 0 Å². The lowest BCUT2D eigenvalue weighted by molar-refractivity contribution is 0.424. The molecule has 3 nitrogen and oxygen atoms in total. The highest BCUT2D eigenvalue weighted by molar-refractivity contribution is 5.48. The van der Waals surface area contributed by atoms with Crippen molar-refractivity contribution in [2.24, 2.45) is 0 Å². The van der Waals surface area contributed by atoms with Gasteiger partial charge in [0.25, 0.3) is 0 Å². The zero-order valence-electron chi connectivity index (χ0n) is 11.6. The molecule has 2 rings (SSSR count). The van der Waals surface area contributed by atoms with Gasteiger partial charge < -0.3 is 10.2 Å². The van der Waals surface area contributed by atoms with Crippen molar-refractivity contribution in [2.45, 2.75) is 39.3 Å². The van der Waals surface area contributed by atoms with Crippen molar-refractivity contribution in [1.82, 2.24) is 10.3 Å². The lowest BCUT2D eigenvalue weighted by Gasteiger charge is -2.28. The molecule has 18 heavy (non-hydrogen) atoms. The minimum absolute atomic E-state index is 0.134. The minimum atomic E-state index is 0.134. The highest BCUT2D eigenvalue weighted by Crippen LogP contribution is 2.19. The first-order valence-electron chi connectivity index (χ1n) is 6.65. The van der Waals surface area contributed by atoms with Crippen LogP contribution in [0.4, 0.5) is 5.82 Å². The van der Waals surface area contributed by atoms with E-state index in [1.54, 1.807) is 0 Å². The molecular weight excluding hydrogens is 222 g/mol. The van der Waals surface area contributed by atoms with Gasteiger partial charge in [0.05, 0.1) is 0 Å². The first-order chi connectivity index (χ1) is 8.56. The highest BCUT2D eigenvalue weighted by atomic mass is 15.2. The fraction of sp³-hybridized carbons (Fsp3) is 0.533. The van der Waals surface area contributed by atoms with E-state index in [9.17, 15) is 0 Å². The van der Waals surface area contributed by atoms with E-state index in [0.717, 1.165) is 31.9 Å². The van der Waals surface area contributed by atoms with E-state index in [0.29, 0.717) is 0 Å². The maximum absolute atomic E-state index is 4.56. The Morgan fingerprint density at radius 1 is 1.33 bits per heavy atom. The van der Waals surface area contributed by atoms with Crippen molar-refractivity contribution < 1.29 is 0 Å². The van der Waals surface area contributed by atoms with Crippen molar-refractivity contribution in [2.75, 3.05) is 18.0 Å². The van der Waals surface area contributed by atoms with Crippen LogP contribution in [-0.4, -0.2) is 23.6 Å². The molecule has 0 aliphatic carbocycles. The minimum Gasteiger partial charge on any atom is -0.352 e. The first-order valence-corrected chi connectivity index (χ1v) is 6.65. The second kappa shape index (κ2) is 5.53. The standard InChI is InChI=1S/C15H23N3/c1-15(2,3)17-12-13-8-7-9-16-14(13)18-10-5-4-6-11-18/h4-5,7-9,17H,6,10-12H2,1-3H3. The molecular formula is C15H23N3. The third kappa shape index (κ3) is 3.57. The van der Waals surface area contributed by atoms with Crippen molar-refractivity contribution in [3.05, 3.63) is 36.0 Å². The number of anilines is 1. The number of nitrogens with zero attached hydrogens (tertiary/aromatic N) is 2. The summed E-state index contributed by atoms with van der Waals surface area (Å²) in [5, 5.41) is 3.53. The monoisotopic (exact) mass is 245 g/mol. The van der Waals surface area contributed by atoms with Crippen molar-refractivity contribution in [3.8, 4) is 0 Å². The van der Waals surface area contributed by atoms with Crippen LogP contribution in [0.2, 0.25) is 0 Å². The SMILES string of the molecule is CC(C)(C)NCc1cccnc1N1CC=CCC1. The Bertz CT molecular complexity index is 418. The smallest absolute Gasteiger partial charge is 0.133 e. The van der Waals surface area contributed by atoms with E-state index < -0.39 is 0 Å². The number of nitrogens with one attached hydrogen (secondary N) is 1. The van der Waals surface area contributed by atoms with Crippen LogP contribution >= 0.6 is 0 Å². The Labute approximate surface area is 110 Å². The van der Waals surface area contributed by atoms with E-state index in [4.69, 9.17) is 0 Å². The van der Waals surface area contributed by atoms with Gasteiger partial charge in [0.15, 0.2) is 0 Å². The first kappa shape index (κ1) is 13.1. The topological polar surface area (TPSA) is 28.2 Å². The maximum Gasteiger partial charge on any atom is 0.133 e. The zero-order chi connectivity index (χ0) is 13.0. The van der Waals surface area contributed by atoms with Gasteiger partial charge >= 0.3 is 0 Å². The molecule has 1 aromatic rings. The summed E-state index contributed by atoms with van der Waals surface area (Å²) < 4.78 is 0. The molecule has 2 heterocycles. The van der Waals surface area contributed by atoms with Gasteiger partial charge in [-0.2, -0.15) is 0 Å². The summed E-state index contributed by atoms with van der Waals surface area (Å²) in [5.41, 5.74) is 1.41. The van der Waals surface area contributed by atoms with Gasteiger partial charge in [-0.25, -0.2) is 4.98 Å². The molecule has 1 aliphatic heterocycles. The van der Waals surface area contributed by atoms with Crippen LogP contribution in [0, 0.1) is 0 Å². The van der Waals surface area contributed by atoms with Gasteiger partial charge in [-0.15, -0.1) is 0 Å². The van der Waals surface area contributed by atoms with Gasteiger partial charge in [-0.3, -0.25) is 0 Å². The molecule has 0 radical (unpaired) electrons. The van der Waals surface area contributed by atoms with Crippen LogP contribution in [-0.2, 0) is 6.54 Å². The molecule has 0 bridgehead atoms. The molecule has 0 saturated heterocycles. The Hall–Kier alpha value is -1.35. The molecule has 0 atom stereocenters. The van der Waals surface area contributed by atoms with E-state index in [1.165, 1.54) is 5.56 Å². The quantitative estimate of drug-likeness (QED) is 0.830. The van der Waals surface area contributed by atoms with E-state index in [1.807, 2.05) is 12.3 Å². The third-order valence-corrected chi connectivity index (χ3v) is 3.03. The van der Waals surface area contributed by atoms with Crippen LogP contribution < -0.4 is 10.2 Å². The van der Waals surface area contributed by atoms with Gasteiger partial charge in [0.2, 0.25) is 0 Å². The van der Waals surface area contributed by atoms with E-state index in [-0.39, 0.29) is 5.54 Å². The highest BCUT2D eigenvalue weighted by Gasteiger charge is 2.15. The van der Waals surface area contributed by atoms with Crippen LogP contribution in [0.15, 0.2) is 30.5 Å². The summed E-state index contributed by atoms with van der Waals surface area (Å²) in [6.07, 6.45) is 7.46. The summed E-state index contributed by atoms with van der Waals surface area (Å²) in [4.78, 5) is 6.90. The van der Waals surface area contributed by atoms with Gasteiger partial charge in [-0.05, 0) is 33.3 Å². The predicted molar refractivity (Wildman–Crippen MR) is 76.8 cm³/mol. The number of hydrogen-bond acceptors (Lipinski definition) is 3. The maximum atomic E-state index is 4.56. The summed E-state index contributed by atoms with van der Waals surface area (Å²) in [6, 6.07) is 4.18. The van der Waals surface area contributed by atoms with Crippen LogP contribution in [0.25, 0.3) is 0 Å². The normalized spacial score (nSPS) is 16.1. The van der Waals surface area contributed by atoms with Gasteiger partial charge in [0, 0.05) is 36.9 Å². The predicted octanol–water partition coefficient (Wildman–Crippen LogP) is 2.74. The van der Waals surface area contributed by atoms with Gasteiger partial charge in [-0.1, -0.05) is 18.2 Å². The molecule has 1 N–H and O–H groups in total. The second-order valence-corrected chi connectivity index (χ2v) is 5.80. The molecule has 0 spiro atoms. The summed E-state index contributed by atoms with van der Waals surface area (Å²) >= 11 is 0. The summed E-state index contributed by atoms with van der Waals surface area (Å²) in [6.45, 7) is 9.47. The molecule has 0 unspecified atom stereocenters. The van der Waals surface area contributed by atoms with Gasteiger partial charge in [0.1, 0.15) is 5.82 Å². The summed E-state index contributed by atoms with van der Waals surface area (Å²) in [5.74, 6) is 1.12. The second-order valence-electron chi connectivity index (χ2n) is 5.80. The molecule has 0 aromatic carbocycles. The molecule has 0 amide bonds. The fourth-order valence-electron chi connectivity index (χ4n) is 2.05. The molecule has 1 aliphatic rings. The average Bonchev–Trinajstić information content (AvgIpc) is 2.37. The Morgan fingerprint density at radius 2 is 2.17 bits per heavy atom. The lowest BCUT2D eigenvalue weighted by Crippen LogP contribution is -2.36. The molecule has 3 heteroatoms. The molecule has 0 saturated carbocycles. The van der Waals surface area contributed by atoms with Crippen molar-refractivity contribution >= 4 is 5.82 Å². The number of aromatic nitrogens is 1. The van der Waals surface area contributed by atoms with Crippen LogP contribution in [0.5, 0.6) is 0 Å². The average molecular weight is 245 g/mol. The van der Waals surface area contributed by atoms with Crippen LogP contribution in [0.3, 0.4) is 0 Å². The van der Waals surface area contributed by atoms with Crippen molar-refractivity contribution in [1.29, 1.82) is 0 Å². The largest absolute Gasteiger partial charge is 0.352 e. The number of hydrogen-bond donors (Lipinski definition) is 1. The Balaban J connectivity index is 2.12. The Morgan fingerprint density at radius 3 is 2.83 bits per heavy atom. The molecule has 98 valence electrons. The Kier molecular flexibility index (Phi) is 4.02. The third-order valence-electron chi connectivity index (χ3n) is 3.03. The molecule has 0 fully saturated rings. The molecule has 1 aromatic heterocycles. The fourth-order valence-corrected chi connectivity index (χ4v) is 2.05. The number of rotatable bonds is 3. The zero-order valence-corrected chi connectivity index (χ0v) is 11.6. The summed E-state index contributed by atoms with van der Waals surface area (Å²) in [7, 11) is 0. The van der Waals surface area contributed by atoms with E-state index in [2.05, 4.69) is 54.2 Å².